The molecule has 0 amide bonds. The number of benzene rings is 1. The minimum absolute atomic E-state index is 0.0786. The van der Waals surface area contributed by atoms with Crippen molar-refractivity contribution in [3.63, 3.8) is 0 Å². The fourth-order valence-electron chi connectivity index (χ4n) is 2.74. The van der Waals surface area contributed by atoms with Crippen LogP contribution in [0.2, 0.25) is 0 Å². The van der Waals surface area contributed by atoms with Crippen molar-refractivity contribution < 1.29 is 17.6 Å². The predicted molar refractivity (Wildman–Crippen MR) is 77.2 cm³/mol. The first kappa shape index (κ1) is 14.6. The lowest BCUT2D eigenvalue weighted by Crippen LogP contribution is -2.18. The largest absolute Gasteiger partial charge is 0.423 e. The summed E-state index contributed by atoms with van der Waals surface area (Å²) < 4.78 is 44.4. The summed E-state index contributed by atoms with van der Waals surface area (Å²) >= 11 is 0. The number of halogens is 3. The summed E-state index contributed by atoms with van der Waals surface area (Å²) in [6, 6.07) is 9.81. The molecule has 0 saturated carbocycles. The lowest BCUT2D eigenvalue weighted by molar-refractivity contribution is -0.138. The first-order chi connectivity index (χ1) is 10.4. The maximum absolute atomic E-state index is 13.1. The lowest BCUT2D eigenvalue weighted by Gasteiger charge is -2.21. The van der Waals surface area contributed by atoms with E-state index in [0.717, 1.165) is 5.56 Å². The standard InChI is InChI=1S/C17H13F3O2/c18-17(19,20)14-10-15(21)22-16-12(7-4-8-13(14)16)9-11-5-2-1-3-6-11/h1-3,5-6,9-10H,4,7-8H2. The van der Waals surface area contributed by atoms with Gasteiger partial charge in [-0.2, -0.15) is 13.2 Å². The highest BCUT2D eigenvalue weighted by Crippen LogP contribution is 2.39. The van der Waals surface area contributed by atoms with E-state index in [-0.39, 0.29) is 17.7 Å². The number of fused-ring (bicyclic) bond motifs is 1. The second-order valence-electron chi connectivity index (χ2n) is 5.22. The third-order valence-electron chi connectivity index (χ3n) is 3.67. The molecule has 1 aliphatic rings. The molecule has 0 unspecified atom stereocenters. The van der Waals surface area contributed by atoms with Gasteiger partial charge in [-0.05, 0) is 36.5 Å². The maximum atomic E-state index is 13.1. The van der Waals surface area contributed by atoms with E-state index in [9.17, 15) is 18.0 Å². The van der Waals surface area contributed by atoms with Crippen LogP contribution in [-0.2, 0) is 12.6 Å². The molecule has 0 radical (unpaired) electrons. The van der Waals surface area contributed by atoms with E-state index in [1.165, 1.54) is 0 Å². The molecule has 1 heterocycles. The number of alkyl halides is 3. The lowest BCUT2D eigenvalue weighted by atomic mass is 9.88. The van der Waals surface area contributed by atoms with Gasteiger partial charge in [0, 0.05) is 11.6 Å². The van der Waals surface area contributed by atoms with Crippen LogP contribution in [0.25, 0.3) is 11.6 Å². The Hall–Kier alpha value is -2.30. The highest BCUT2D eigenvalue weighted by atomic mass is 19.4. The van der Waals surface area contributed by atoms with Crippen molar-refractivity contribution in [1.29, 1.82) is 0 Å². The van der Waals surface area contributed by atoms with Gasteiger partial charge in [0.25, 0.3) is 0 Å². The Balaban J connectivity index is 2.17. The molecule has 5 heteroatoms. The molecule has 1 aromatic heterocycles. The van der Waals surface area contributed by atoms with Crippen molar-refractivity contribution in [2.45, 2.75) is 25.4 Å². The van der Waals surface area contributed by atoms with Gasteiger partial charge in [0.15, 0.2) is 0 Å². The van der Waals surface area contributed by atoms with Crippen molar-refractivity contribution >= 4 is 11.6 Å². The predicted octanol–water partition coefficient (Wildman–Crippen LogP) is 4.54. The molecule has 1 aliphatic carbocycles. The molecule has 2 nitrogen and oxygen atoms in total. The van der Waals surface area contributed by atoms with E-state index in [1.54, 1.807) is 6.08 Å². The second-order valence-corrected chi connectivity index (χ2v) is 5.22. The minimum atomic E-state index is -4.55. The monoisotopic (exact) mass is 306 g/mol. The third kappa shape index (κ3) is 2.84. The summed E-state index contributed by atoms with van der Waals surface area (Å²) in [5, 5.41) is 0. The fourth-order valence-corrected chi connectivity index (χ4v) is 2.74. The van der Waals surface area contributed by atoms with E-state index in [4.69, 9.17) is 4.42 Å². The Morgan fingerprint density at radius 1 is 1.09 bits per heavy atom. The zero-order chi connectivity index (χ0) is 15.7. The molecule has 0 saturated heterocycles. The van der Waals surface area contributed by atoms with Crippen molar-refractivity contribution in [3.05, 3.63) is 69.3 Å². The fraction of sp³-hybridized carbons (Fsp3) is 0.235. The zero-order valence-corrected chi connectivity index (χ0v) is 11.6. The van der Waals surface area contributed by atoms with Crippen LogP contribution in [0, 0.1) is 0 Å². The number of rotatable bonds is 1. The normalized spacial score (nSPS) is 16.6. The summed E-state index contributed by atoms with van der Waals surface area (Å²) in [4.78, 5) is 11.5. The van der Waals surface area contributed by atoms with Crippen LogP contribution in [0.4, 0.5) is 13.2 Å². The zero-order valence-electron chi connectivity index (χ0n) is 11.6. The van der Waals surface area contributed by atoms with E-state index < -0.39 is 17.4 Å². The van der Waals surface area contributed by atoms with E-state index in [0.29, 0.717) is 24.5 Å². The van der Waals surface area contributed by atoms with Gasteiger partial charge in [-0.1, -0.05) is 30.3 Å². The molecule has 0 aliphatic heterocycles. The molecular weight excluding hydrogens is 293 g/mol. The van der Waals surface area contributed by atoms with Crippen LogP contribution in [0.1, 0.15) is 35.3 Å². The van der Waals surface area contributed by atoms with E-state index in [1.807, 2.05) is 30.3 Å². The van der Waals surface area contributed by atoms with Gasteiger partial charge in [-0.15, -0.1) is 0 Å². The molecule has 0 spiro atoms. The van der Waals surface area contributed by atoms with Crippen LogP contribution >= 0.6 is 0 Å². The summed E-state index contributed by atoms with van der Waals surface area (Å²) in [5.41, 5.74) is -0.258. The van der Waals surface area contributed by atoms with Crippen LogP contribution in [-0.4, -0.2) is 0 Å². The highest BCUT2D eigenvalue weighted by molar-refractivity contribution is 5.81. The Bertz CT molecular complexity index is 771. The smallest absolute Gasteiger partial charge is 0.417 e. The first-order valence-corrected chi connectivity index (χ1v) is 6.95. The Morgan fingerprint density at radius 3 is 2.50 bits per heavy atom. The van der Waals surface area contributed by atoms with Crippen LogP contribution < -0.4 is 5.63 Å². The molecule has 2 aromatic rings. The van der Waals surface area contributed by atoms with Gasteiger partial charge in [0.1, 0.15) is 5.76 Å². The maximum Gasteiger partial charge on any atom is 0.417 e. The van der Waals surface area contributed by atoms with Gasteiger partial charge >= 0.3 is 11.8 Å². The van der Waals surface area contributed by atoms with Crippen molar-refractivity contribution in [1.82, 2.24) is 0 Å². The molecule has 114 valence electrons. The van der Waals surface area contributed by atoms with Gasteiger partial charge < -0.3 is 4.42 Å². The topological polar surface area (TPSA) is 30.2 Å². The molecule has 0 N–H and O–H groups in total. The Morgan fingerprint density at radius 2 is 1.82 bits per heavy atom. The first-order valence-electron chi connectivity index (χ1n) is 6.95. The highest BCUT2D eigenvalue weighted by Gasteiger charge is 2.37. The van der Waals surface area contributed by atoms with Gasteiger partial charge in [-0.3, -0.25) is 0 Å². The molecule has 0 fully saturated rings. The Labute approximate surface area is 124 Å². The van der Waals surface area contributed by atoms with Crippen LogP contribution in [0.15, 0.2) is 45.6 Å². The van der Waals surface area contributed by atoms with Crippen molar-refractivity contribution in [2.24, 2.45) is 0 Å². The Kier molecular flexibility index (Phi) is 3.64. The summed E-state index contributed by atoms with van der Waals surface area (Å²) in [6.45, 7) is 0. The quantitative estimate of drug-likeness (QED) is 0.774. The van der Waals surface area contributed by atoms with Crippen LogP contribution in [0.5, 0.6) is 0 Å². The van der Waals surface area contributed by atoms with E-state index in [2.05, 4.69) is 0 Å². The van der Waals surface area contributed by atoms with Crippen molar-refractivity contribution in [3.8, 4) is 0 Å². The van der Waals surface area contributed by atoms with Crippen LogP contribution in [0.3, 0.4) is 0 Å². The number of hydrogen-bond acceptors (Lipinski definition) is 2. The molecular formula is C17H13F3O2. The SMILES string of the molecule is O=c1cc(C(F)(F)F)c2c(o1)C(=Cc1ccccc1)CCC2. The molecule has 0 bridgehead atoms. The van der Waals surface area contributed by atoms with Gasteiger partial charge in [0.2, 0.25) is 0 Å². The molecule has 1 aromatic carbocycles. The summed E-state index contributed by atoms with van der Waals surface area (Å²) in [7, 11) is 0. The second kappa shape index (κ2) is 5.48. The molecule has 0 atom stereocenters. The molecule has 3 rings (SSSR count). The molecule has 22 heavy (non-hydrogen) atoms. The van der Waals surface area contributed by atoms with E-state index >= 15 is 0 Å². The third-order valence-corrected chi connectivity index (χ3v) is 3.67. The summed E-state index contributed by atoms with van der Waals surface area (Å²) in [6.07, 6.45) is -1.31. The average Bonchev–Trinajstić information content (AvgIpc) is 2.47. The minimum Gasteiger partial charge on any atom is -0.423 e. The number of hydrogen-bond donors (Lipinski definition) is 0. The van der Waals surface area contributed by atoms with Gasteiger partial charge in [-0.25, -0.2) is 4.79 Å². The summed E-state index contributed by atoms with van der Waals surface area (Å²) in [5.74, 6) is 0.0786. The van der Waals surface area contributed by atoms with Gasteiger partial charge in [0.05, 0.1) is 5.56 Å². The van der Waals surface area contributed by atoms with Crippen molar-refractivity contribution in [2.75, 3.05) is 0 Å². The average molecular weight is 306 g/mol. The number of allylic oxidation sites excluding steroid dienone is 1.